The topological polar surface area (TPSA) is 81.2 Å². The van der Waals surface area contributed by atoms with Crippen LogP contribution in [0.25, 0.3) is 0 Å². The molecule has 1 unspecified atom stereocenters. The molecule has 8 nitrogen and oxygen atoms in total. The van der Waals surface area contributed by atoms with E-state index in [0.717, 1.165) is 82.2 Å². The zero-order valence-electron chi connectivity index (χ0n) is 22.3. The Labute approximate surface area is 226 Å². The molecular formula is C30H40N6O2. The van der Waals surface area contributed by atoms with Crippen LogP contribution in [0.5, 0.6) is 5.75 Å². The second-order valence-electron chi connectivity index (χ2n) is 10.4. The number of benzene rings is 1. The molecule has 0 radical (unpaired) electrons. The average Bonchev–Trinajstić information content (AvgIpc) is 2.99. The summed E-state index contributed by atoms with van der Waals surface area (Å²) in [5.74, 6) is 2.54. The maximum atomic E-state index is 13.4. The maximum absolute atomic E-state index is 13.4. The van der Waals surface area contributed by atoms with Crippen LogP contribution >= 0.6 is 0 Å². The van der Waals surface area contributed by atoms with E-state index in [1.54, 1.807) is 0 Å². The van der Waals surface area contributed by atoms with Crippen molar-refractivity contribution in [3.8, 4) is 5.75 Å². The normalized spacial score (nSPS) is 23.2. The van der Waals surface area contributed by atoms with Gasteiger partial charge in [-0.05, 0) is 74.8 Å². The Bertz CT molecular complexity index is 1090. The summed E-state index contributed by atoms with van der Waals surface area (Å²) in [5.41, 5.74) is 2.34. The molecule has 38 heavy (non-hydrogen) atoms. The van der Waals surface area contributed by atoms with Gasteiger partial charge in [-0.2, -0.15) is 0 Å². The molecule has 3 N–H and O–H groups in total. The number of likely N-dealkylation sites (tertiary alicyclic amines) is 2. The molecule has 0 spiro atoms. The highest BCUT2D eigenvalue weighted by Gasteiger charge is 2.34. The van der Waals surface area contributed by atoms with Crippen molar-refractivity contribution in [1.29, 1.82) is 0 Å². The van der Waals surface area contributed by atoms with Crippen LogP contribution in [-0.4, -0.2) is 73.8 Å². The first-order valence-corrected chi connectivity index (χ1v) is 13.9. The van der Waals surface area contributed by atoms with Gasteiger partial charge in [0.25, 0.3) is 0 Å². The van der Waals surface area contributed by atoms with Gasteiger partial charge >= 0.3 is 0 Å². The third-order valence-electron chi connectivity index (χ3n) is 7.93. The summed E-state index contributed by atoms with van der Waals surface area (Å²) >= 11 is 0. The number of nitrogens with one attached hydrogen (secondary N) is 3. The van der Waals surface area contributed by atoms with E-state index in [1.165, 1.54) is 5.57 Å². The number of rotatable bonds is 8. The first-order chi connectivity index (χ1) is 18.7. The molecule has 2 saturated heterocycles. The molecule has 0 aromatic heterocycles. The lowest BCUT2D eigenvalue weighted by molar-refractivity contribution is -0.138. The van der Waals surface area contributed by atoms with Crippen LogP contribution in [0.1, 0.15) is 25.7 Å². The standard InChI is InChI=1S/C30H40N6O2/c1-31-28-21-23(10-16-33-28)22-35-17-11-25(12-18-35)30(37)36-19-13-24(14-20-36)29(27-9-5-6-15-32-27)34-38-26-7-3-2-4-8-26/h2-10,15,21,24-25,27,31-33H,11-14,16-20,22H2,1H3/b34-29+. The molecule has 0 aliphatic carbocycles. The fraction of sp³-hybridized carbons (Fsp3) is 0.467. The van der Waals surface area contributed by atoms with Gasteiger partial charge in [0.05, 0.1) is 17.6 Å². The van der Waals surface area contributed by atoms with Gasteiger partial charge in [-0.25, -0.2) is 0 Å². The zero-order chi connectivity index (χ0) is 26.2. The number of amides is 1. The Morgan fingerprint density at radius 2 is 1.82 bits per heavy atom. The number of hydrogen-bond acceptors (Lipinski definition) is 7. The van der Waals surface area contributed by atoms with Crippen molar-refractivity contribution in [3.63, 3.8) is 0 Å². The summed E-state index contributed by atoms with van der Waals surface area (Å²) in [6, 6.07) is 9.70. The minimum Gasteiger partial charge on any atom is -0.379 e. The van der Waals surface area contributed by atoms with Crippen molar-refractivity contribution in [3.05, 3.63) is 78.3 Å². The first-order valence-electron chi connectivity index (χ1n) is 13.9. The van der Waals surface area contributed by atoms with Crippen molar-refractivity contribution in [2.75, 3.05) is 46.3 Å². The number of hydrogen-bond donors (Lipinski definition) is 3. The summed E-state index contributed by atoms with van der Waals surface area (Å²) in [4.78, 5) is 23.8. The summed E-state index contributed by atoms with van der Waals surface area (Å²) in [5, 5.41) is 14.5. The predicted molar refractivity (Wildman–Crippen MR) is 151 cm³/mol. The molecule has 4 heterocycles. The highest BCUT2D eigenvalue weighted by molar-refractivity contribution is 5.93. The number of carbonyl (C=O) groups excluding carboxylic acids is 1. The predicted octanol–water partition coefficient (Wildman–Crippen LogP) is 3.00. The first kappa shape index (κ1) is 26.1. The Kier molecular flexibility index (Phi) is 8.81. The quantitative estimate of drug-likeness (QED) is 0.364. The number of carbonyl (C=O) groups is 1. The molecule has 4 aliphatic rings. The van der Waals surface area contributed by atoms with Crippen molar-refractivity contribution < 1.29 is 9.63 Å². The van der Waals surface area contributed by atoms with Crippen LogP contribution in [0.3, 0.4) is 0 Å². The van der Waals surface area contributed by atoms with E-state index in [1.807, 2.05) is 55.7 Å². The highest BCUT2D eigenvalue weighted by Crippen LogP contribution is 2.27. The monoisotopic (exact) mass is 516 g/mol. The van der Waals surface area contributed by atoms with Gasteiger partial charge in [-0.3, -0.25) is 9.69 Å². The molecule has 5 rings (SSSR count). The molecular weight excluding hydrogens is 476 g/mol. The molecule has 1 aromatic carbocycles. The van der Waals surface area contributed by atoms with Crippen molar-refractivity contribution in [1.82, 2.24) is 25.8 Å². The largest absolute Gasteiger partial charge is 0.379 e. The van der Waals surface area contributed by atoms with Gasteiger partial charge < -0.3 is 25.7 Å². The molecule has 8 heteroatoms. The number of para-hydroxylation sites is 1. The molecule has 0 bridgehead atoms. The molecule has 4 aliphatic heterocycles. The average molecular weight is 517 g/mol. The van der Waals surface area contributed by atoms with E-state index in [4.69, 9.17) is 4.84 Å². The molecule has 1 aromatic rings. The second-order valence-corrected chi connectivity index (χ2v) is 10.4. The van der Waals surface area contributed by atoms with E-state index >= 15 is 0 Å². The van der Waals surface area contributed by atoms with E-state index in [2.05, 4.69) is 49.1 Å². The van der Waals surface area contributed by atoms with Crippen LogP contribution in [0, 0.1) is 11.8 Å². The van der Waals surface area contributed by atoms with Gasteiger partial charge in [0.15, 0.2) is 5.75 Å². The molecule has 0 saturated carbocycles. The van der Waals surface area contributed by atoms with Crippen LogP contribution in [0.2, 0.25) is 0 Å². The van der Waals surface area contributed by atoms with Gasteiger partial charge in [0, 0.05) is 45.1 Å². The fourth-order valence-electron chi connectivity index (χ4n) is 5.71. The van der Waals surface area contributed by atoms with E-state index in [9.17, 15) is 4.79 Å². The van der Waals surface area contributed by atoms with Crippen LogP contribution in [0.4, 0.5) is 0 Å². The number of nitrogens with zero attached hydrogens (tertiary/aromatic N) is 3. The number of allylic oxidation sites excluding steroid dienone is 2. The Hall–Kier alpha value is -3.52. The Morgan fingerprint density at radius 1 is 1.05 bits per heavy atom. The van der Waals surface area contributed by atoms with Crippen LogP contribution in [-0.2, 0) is 4.79 Å². The molecule has 1 atom stereocenters. The molecule has 202 valence electrons. The minimum absolute atomic E-state index is 0.00869. The highest BCUT2D eigenvalue weighted by atomic mass is 16.6. The zero-order valence-corrected chi connectivity index (χ0v) is 22.3. The summed E-state index contributed by atoms with van der Waals surface area (Å²) in [7, 11) is 1.94. The lowest BCUT2D eigenvalue weighted by Crippen LogP contribution is -2.48. The van der Waals surface area contributed by atoms with Crippen molar-refractivity contribution in [2.45, 2.75) is 31.7 Å². The van der Waals surface area contributed by atoms with Gasteiger partial charge in [-0.15, -0.1) is 0 Å². The SMILES string of the molecule is CNC1=CC(CN2CCC(C(=O)N3CCC(/C(=N\Oc4ccccc4)C4C=CC=CN4)CC3)CC2)=CCN1. The van der Waals surface area contributed by atoms with Crippen LogP contribution < -0.4 is 20.8 Å². The summed E-state index contributed by atoms with van der Waals surface area (Å²) < 4.78 is 0. The van der Waals surface area contributed by atoms with Crippen molar-refractivity contribution in [2.24, 2.45) is 17.0 Å². The second kappa shape index (κ2) is 12.8. The number of piperidine rings is 2. The summed E-state index contributed by atoms with van der Waals surface area (Å²) in [6.45, 7) is 5.31. The molecule has 2 fully saturated rings. The Morgan fingerprint density at radius 3 is 2.53 bits per heavy atom. The third kappa shape index (κ3) is 6.67. The van der Waals surface area contributed by atoms with Crippen LogP contribution in [0.15, 0.2) is 83.5 Å². The number of oxime groups is 1. The van der Waals surface area contributed by atoms with E-state index in [-0.39, 0.29) is 17.9 Å². The third-order valence-corrected chi connectivity index (χ3v) is 7.93. The van der Waals surface area contributed by atoms with Gasteiger partial charge in [0.1, 0.15) is 0 Å². The minimum atomic E-state index is 0.00869. The maximum Gasteiger partial charge on any atom is 0.225 e. The lowest BCUT2D eigenvalue weighted by Gasteiger charge is -2.38. The molecule has 1 amide bonds. The fourth-order valence-corrected chi connectivity index (χ4v) is 5.71. The Balaban J connectivity index is 1.12. The lowest BCUT2D eigenvalue weighted by atomic mass is 9.86. The summed E-state index contributed by atoms with van der Waals surface area (Å²) in [6.07, 6.45) is 16.2. The number of dihydropyridines is 2. The van der Waals surface area contributed by atoms with E-state index < -0.39 is 0 Å². The smallest absolute Gasteiger partial charge is 0.225 e. The van der Waals surface area contributed by atoms with Gasteiger partial charge in [0.2, 0.25) is 5.91 Å². The van der Waals surface area contributed by atoms with Gasteiger partial charge in [-0.1, -0.05) is 41.6 Å². The van der Waals surface area contributed by atoms with E-state index in [0.29, 0.717) is 5.91 Å². The van der Waals surface area contributed by atoms with Crippen molar-refractivity contribution >= 4 is 11.6 Å².